The fourth-order valence-electron chi connectivity index (χ4n) is 18.0. The minimum atomic E-state index is -3.18. The molecule has 0 spiro atoms. The van der Waals surface area contributed by atoms with E-state index < -0.39 is 446 Å². The average molecular weight is 1950 g/mol. The summed E-state index contributed by atoms with van der Waals surface area (Å²) in [7, 11) is 0. The van der Waals surface area contributed by atoms with Gasteiger partial charge in [0.2, 0.25) is 0 Å². The smallest absolute Gasteiger partial charge is 0.364 e. The Balaban J connectivity index is 0.835. The first kappa shape index (κ1) is 110. The zero-order valence-electron chi connectivity index (χ0n) is 72.5. The van der Waals surface area contributed by atoms with Crippen LogP contribution in [0.2, 0.25) is 0 Å². The Morgan fingerprint density at radius 1 is 0.323 bits per heavy atom. The highest BCUT2D eigenvalue weighted by Crippen LogP contribution is 2.45. The van der Waals surface area contributed by atoms with Crippen LogP contribution in [0.15, 0.2) is 0 Å². The molecule has 11 rings (SSSR count). The predicted molar refractivity (Wildman–Crippen MR) is 415 cm³/mol. The van der Waals surface area contributed by atoms with E-state index in [0.717, 1.165) is 0 Å². The number of aliphatic carboxylic acids is 2. The van der Waals surface area contributed by atoms with Crippen molar-refractivity contribution in [2.45, 2.75) is 372 Å². The molecule has 0 aromatic rings. The summed E-state index contributed by atoms with van der Waals surface area (Å²) in [6.45, 7) is -4.37. The second kappa shape index (κ2) is 46.9. The largest absolute Gasteiger partial charge is 0.477 e. The van der Waals surface area contributed by atoms with Gasteiger partial charge in [-0.3, -0.25) is 0 Å². The Morgan fingerprint density at radius 2 is 0.654 bits per heavy atom. The van der Waals surface area contributed by atoms with Crippen molar-refractivity contribution in [3.05, 3.63) is 0 Å². The van der Waals surface area contributed by atoms with E-state index in [1.54, 1.807) is 13.8 Å². The molecule has 11 aliphatic rings. The maximum Gasteiger partial charge on any atom is 0.364 e. The highest BCUT2D eigenvalue weighted by Gasteiger charge is 2.64. The minimum Gasteiger partial charge on any atom is -0.477 e. The van der Waals surface area contributed by atoms with Gasteiger partial charge >= 0.3 is 11.9 Å². The lowest BCUT2D eigenvalue weighted by molar-refractivity contribution is -0.404. The van der Waals surface area contributed by atoms with Crippen molar-refractivity contribution in [3.8, 4) is 0 Å². The zero-order chi connectivity index (χ0) is 98.1. The molecule has 0 aromatic carbocycles. The first-order valence-corrected chi connectivity index (χ1v) is 43.6. The van der Waals surface area contributed by atoms with E-state index >= 15 is 0 Å². The Bertz CT molecular complexity index is 3570. The molecule has 0 radical (unpaired) electrons. The van der Waals surface area contributed by atoms with Gasteiger partial charge in [-0.05, 0) is 6.92 Å². The summed E-state index contributed by atoms with van der Waals surface area (Å²) in [6.07, 6.45) is -95.5. The van der Waals surface area contributed by atoms with E-state index in [1.165, 1.54) is 20.8 Å². The predicted octanol–water partition coefficient (Wildman–Crippen LogP) is -19.4. The van der Waals surface area contributed by atoms with Gasteiger partial charge in [0.25, 0.3) is 11.6 Å². The Labute approximate surface area is 756 Å². The number of nitrogens with two attached hydrogens (primary N) is 2. The van der Waals surface area contributed by atoms with Gasteiger partial charge in [-0.25, -0.2) is 9.59 Å². The molecule has 11 fully saturated rings. The topological polar surface area (TPSA) is 907 Å². The van der Waals surface area contributed by atoms with Gasteiger partial charge in [-0.1, -0.05) is 27.7 Å². The Hall–Kier alpha value is -3.14. The van der Waals surface area contributed by atoms with Crippen LogP contribution < -0.4 is 11.5 Å². The van der Waals surface area contributed by atoms with Crippen molar-refractivity contribution in [1.29, 1.82) is 0 Å². The van der Waals surface area contributed by atoms with Crippen molar-refractivity contribution < 1.29 is 267 Å². The van der Waals surface area contributed by atoms with Gasteiger partial charge in [-0.15, -0.1) is 0 Å². The molecule has 56 heteroatoms. The monoisotopic (exact) mass is 1950 g/mol. The molecule has 11 saturated heterocycles. The molecule has 35 N–H and O–H groups in total. The molecular formula is C77H132N2O54. The number of carboxylic acid groups (broad SMARTS) is 2. The first-order chi connectivity index (χ1) is 62.8. The van der Waals surface area contributed by atoms with Crippen LogP contribution in [0.1, 0.15) is 53.9 Å². The third-order valence-electron chi connectivity index (χ3n) is 26.7. The van der Waals surface area contributed by atoms with Crippen LogP contribution in [0, 0.1) is 23.7 Å². The van der Waals surface area contributed by atoms with E-state index in [0.29, 0.717) is 0 Å². The summed E-state index contributed by atoms with van der Waals surface area (Å²) >= 11 is 0. The summed E-state index contributed by atoms with van der Waals surface area (Å²) in [4.78, 5) is 25.9. The maximum absolute atomic E-state index is 13.1. The van der Waals surface area contributed by atoms with E-state index in [9.17, 15) is 168 Å². The van der Waals surface area contributed by atoms with Crippen LogP contribution in [0.5, 0.6) is 0 Å². The lowest BCUT2D eigenvalue weighted by Crippen LogP contribution is -2.70. The third kappa shape index (κ3) is 23.2. The van der Waals surface area contributed by atoms with E-state index in [1.807, 2.05) is 0 Å². The molecule has 11 aliphatic heterocycles. The van der Waals surface area contributed by atoms with E-state index in [2.05, 4.69) is 0 Å². The second-order valence-electron chi connectivity index (χ2n) is 35.6. The molecule has 0 aliphatic carbocycles. The fraction of sp³-hybridized carbons (Fsp3) is 0.974. The lowest BCUT2D eigenvalue weighted by Gasteiger charge is -2.51. The highest BCUT2D eigenvalue weighted by atomic mass is 16.8. The molecule has 0 aromatic heterocycles. The fourth-order valence-corrected chi connectivity index (χ4v) is 18.0. The van der Waals surface area contributed by atoms with Gasteiger partial charge in [0.05, 0.1) is 134 Å². The maximum atomic E-state index is 13.1. The number of carbonyl (C=O) groups is 2. The van der Waals surface area contributed by atoms with Gasteiger partial charge in [0.15, 0.2) is 50.3 Å². The molecule has 0 amide bonds. The van der Waals surface area contributed by atoms with E-state index in [4.69, 9.17) is 111 Å². The summed E-state index contributed by atoms with van der Waals surface area (Å²) in [5, 5.41) is 344. The van der Waals surface area contributed by atoms with Crippen LogP contribution in [0.3, 0.4) is 0 Å². The summed E-state index contributed by atoms with van der Waals surface area (Å²) in [5.41, 5.74) is 12.0. The Morgan fingerprint density at radius 3 is 1.09 bits per heavy atom. The average Bonchev–Trinajstić information content (AvgIpc) is 0.754. The van der Waals surface area contributed by atoms with Crippen molar-refractivity contribution in [1.82, 2.24) is 0 Å². The molecule has 774 valence electrons. The van der Waals surface area contributed by atoms with Crippen LogP contribution in [0.4, 0.5) is 0 Å². The van der Waals surface area contributed by atoms with Crippen LogP contribution >= 0.6 is 0 Å². The van der Waals surface area contributed by atoms with Gasteiger partial charge in [-0.2, -0.15) is 0 Å². The first-order valence-electron chi connectivity index (χ1n) is 43.6. The molecule has 133 heavy (non-hydrogen) atoms. The van der Waals surface area contributed by atoms with Crippen LogP contribution in [0.25, 0.3) is 0 Å². The van der Waals surface area contributed by atoms with Crippen LogP contribution in [-0.4, -0.2) is 561 Å². The summed E-state index contributed by atoms with van der Waals surface area (Å²) in [5.74, 6) is -14.8. The van der Waals surface area contributed by atoms with Crippen molar-refractivity contribution >= 4 is 11.9 Å². The number of hydrogen-bond acceptors (Lipinski definition) is 54. The SMILES string of the molecule is CC1C(O)[C@H](OC2OC(CO[C@]3(C(=O)O)C[C@@H](O)[C@@H](N)C(C(O)C(O)CO)O3)[C@H](O)CC2O)[C@H](CO)O[C@H]1O[C@@H]1C(O)[C@H](O)C(CO)O[C@@H]1OCC1O[C@@H](O[C@@H]2C(CO)O[C@@H](O[C@@H]3C(CO)O[C@@H](C)[C@@H](C)C3O)[C@@H](C)C2O)[C@H](O)C(O[C@H]2O[C@H](CO)[C@@H](O)C(O)C2O[C@@H]2OC(CO)[C@@H](O[C@@H]3OC(CO)[C@H](O)C(O[C@]4(C(=O)O)C[C@@H](O)[C@@H](N)C(C(O)C(O)CO)O4)[C@@H]3O)C(O)[C@@H]2C)[C@@H]1O. The number of carboxylic acids is 2. The third-order valence-corrected chi connectivity index (χ3v) is 26.7. The number of aliphatic hydroxyl groups excluding tert-OH is 29. The normalized spacial score (nSPS) is 50.7. The zero-order valence-corrected chi connectivity index (χ0v) is 72.5. The lowest BCUT2D eigenvalue weighted by atomic mass is 9.88. The molecule has 25 unspecified atom stereocenters. The second-order valence-corrected chi connectivity index (χ2v) is 35.6. The summed E-state index contributed by atoms with van der Waals surface area (Å²) in [6, 6.07) is -3.20. The molecule has 56 nitrogen and oxygen atoms in total. The molecule has 11 heterocycles. The van der Waals surface area contributed by atoms with Gasteiger partial charge in [0, 0.05) is 42.9 Å². The Kier molecular flexibility index (Phi) is 38.9. The standard InChI is InChI=1S/C77H132N2O54/c1-20-24(5)115-34(14-85)56(42(20)95)124-66-21(2)44(97)58(36(16-87)119-66)126-70-54(107)62(128-73-65(53(106)49(102)32(12-83)118-73)130-68-23(4)45(98)59(37(17-88)121-68)127-71-55(108)63(50(103)33(13-84)116-71)133-77(75(111)112)8-28(92)41(79)61(132-77)47(100)30(94)10-81)51(104)39(123-70)18-113-72-64(52(105)48(101)31(11-82)117-72)129-67-22(3)43(96)57(35(15-86)120-67)125-69-26(90)6-25(89)38(122-69)19-114-76(74(109)110)7-27(91)40(78)60(131-76)46(99)29(93)9-80/h20-73,80-108H,6-19,78-79H2,1-5H3,(H,109,110)(H,111,112)/t20-,21+,22?,23+,24+,25-,26?,27-,28-,29?,30?,31?,32-,33?,34?,35+,36?,37?,38?,39?,40-,41-,42?,43?,44?,45?,46?,47?,48-,49-,50+,51-,52?,53?,54-,55+,56-,57-,58-,59-,60?,61?,62?,63?,64-,65?,66+,67+,68+,69?,70+,71+,72+,73-,76-,77+/m1/s1. The quantitative estimate of drug-likeness (QED) is 0.0275. The number of ether oxygens (including phenoxy) is 21. The van der Waals surface area contributed by atoms with Crippen LogP contribution in [-0.2, 0) is 109 Å². The molecule has 0 saturated carbocycles. The van der Waals surface area contributed by atoms with Crippen molar-refractivity contribution in [2.75, 3.05) is 72.7 Å². The number of hydrogen-bond donors (Lipinski definition) is 33. The van der Waals surface area contributed by atoms with Gasteiger partial charge < -0.3 is 269 Å². The number of aliphatic hydroxyl groups is 29. The molecular weight excluding hydrogens is 1820 g/mol. The van der Waals surface area contributed by atoms with Crippen molar-refractivity contribution in [3.63, 3.8) is 0 Å². The van der Waals surface area contributed by atoms with Gasteiger partial charge in [0.1, 0.15) is 195 Å². The molecule has 56 atom stereocenters. The highest BCUT2D eigenvalue weighted by molar-refractivity contribution is 5.76. The van der Waals surface area contributed by atoms with E-state index in [-0.39, 0.29) is 0 Å². The minimum absolute atomic E-state index is 0.580. The summed E-state index contributed by atoms with van der Waals surface area (Å²) < 4.78 is 126. The number of rotatable bonds is 37. The molecule has 0 bridgehead atoms. The van der Waals surface area contributed by atoms with Crippen molar-refractivity contribution in [2.24, 2.45) is 35.1 Å².